The average Bonchev–Trinajstić information content (AvgIpc) is 2.23. The Bertz CT molecular complexity index is 187. The molecule has 0 spiro atoms. The van der Waals surface area contributed by atoms with E-state index in [-0.39, 0.29) is 18.5 Å². The van der Waals surface area contributed by atoms with Crippen LogP contribution < -0.4 is 5.73 Å². The molecule has 0 aromatic carbocycles. The van der Waals surface area contributed by atoms with E-state index in [2.05, 4.69) is 5.16 Å². The number of amidine groups is 1. The molecule has 0 fully saturated rings. The van der Waals surface area contributed by atoms with Gasteiger partial charge in [-0.25, -0.2) is 0 Å². The largest absolute Gasteiger partial charge is 0.409 e. The summed E-state index contributed by atoms with van der Waals surface area (Å²) in [6.45, 7) is 3.92. The lowest BCUT2D eigenvalue weighted by molar-refractivity contribution is 0.108. The van der Waals surface area contributed by atoms with E-state index in [0.717, 1.165) is 6.54 Å². The molecular weight excluding hydrogens is 198 g/mol. The third kappa shape index (κ3) is 6.27. The Labute approximate surface area is 90.3 Å². The molecule has 0 saturated carbocycles. The number of rotatable bonds is 8. The second-order valence-electron chi connectivity index (χ2n) is 3.40. The summed E-state index contributed by atoms with van der Waals surface area (Å²) in [6.07, 6.45) is 0.472. The Morgan fingerprint density at radius 3 is 2.67 bits per heavy atom. The lowest BCUT2D eigenvalue weighted by Gasteiger charge is -2.27. The Balaban J connectivity index is 4.08. The summed E-state index contributed by atoms with van der Waals surface area (Å²) in [4.78, 5) is 2.03. The van der Waals surface area contributed by atoms with Crippen molar-refractivity contribution in [3.63, 3.8) is 0 Å². The van der Waals surface area contributed by atoms with Crippen LogP contribution in [0.2, 0.25) is 0 Å². The minimum Gasteiger partial charge on any atom is -0.409 e. The zero-order chi connectivity index (χ0) is 11.7. The average molecular weight is 219 g/mol. The Hall–Kier alpha value is -0.850. The van der Waals surface area contributed by atoms with Crippen molar-refractivity contribution in [3.05, 3.63) is 0 Å². The van der Waals surface area contributed by atoms with Crippen LogP contribution in [0.3, 0.4) is 0 Å². The molecule has 90 valence electrons. The molecule has 15 heavy (non-hydrogen) atoms. The molecule has 0 aromatic rings. The molecule has 1 atom stereocenters. The van der Waals surface area contributed by atoms with Crippen LogP contribution in [0.4, 0.5) is 0 Å². The van der Waals surface area contributed by atoms with Crippen LogP contribution in [0.5, 0.6) is 0 Å². The number of hydrogen-bond donors (Lipinski definition) is 3. The predicted octanol–water partition coefficient (Wildman–Crippen LogP) is -0.548. The fourth-order valence-electron chi connectivity index (χ4n) is 1.36. The maximum atomic E-state index is 8.88. The number of oxime groups is 1. The van der Waals surface area contributed by atoms with E-state index in [1.165, 1.54) is 0 Å². The Morgan fingerprint density at radius 1 is 1.53 bits per heavy atom. The number of nitrogens with two attached hydrogens (primary N) is 1. The van der Waals surface area contributed by atoms with E-state index in [9.17, 15) is 0 Å². The zero-order valence-corrected chi connectivity index (χ0v) is 9.39. The second kappa shape index (κ2) is 8.46. The number of hydrogen-bond acceptors (Lipinski definition) is 5. The molecule has 6 heteroatoms. The van der Waals surface area contributed by atoms with Crippen LogP contribution in [-0.4, -0.2) is 60.5 Å². The number of aliphatic hydroxyl groups is 1. The predicted molar refractivity (Wildman–Crippen MR) is 58.0 cm³/mol. The molecule has 0 aliphatic heterocycles. The van der Waals surface area contributed by atoms with Gasteiger partial charge in [0.1, 0.15) is 5.84 Å². The standard InChI is InChI=1S/C9H21N3O3/c1-8(7-9(10)11-14)12(3-5-13)4-6-15-2/h8,13-14H,3-7H2,1-2H3,(H2,10,11). The lowest BCUT2D eigenvalue weighted by atomic mass is 10.2. The van der Waals surface area contributed by atoms with Crippen molar-refractivity contribution >= 4 is 5.84 Å². The van der Waals surface area contributed by atoms with E-state index in [1.54, 1.807) is 7.11 Å². The molecule has 0 aliphatic rings. The highest BCUT2D eigenvalue weighted by atomic mass is 16.5. The van der Waals surface area contributed by atoms with Crippen molar-refractivity contribution in [2.45, 2.75) is 19.4 Å². The summed E-state index contributed by atoms with van der Waals surface area (Å²) in [5.74, 6) is 0.197. The van der Waals surface area contributed by atoms with Gasteiger partial charge in [0.25, 0.3) is 0 Å². The third-order valence-electron chi connectivity index (χ3n) is 2.23. The van der Waals surface area contributed by atoms with Crippen LogP contribution >= 0.6 is 0 Å². The van der Waals surface area contributed by atoms with Gasteiger partial charge in [-0.1, -0.05) is 5.16 Å². The monoisotopic (exact) mass is 219 g/mol. The molecule has 0 amide bonds. The lowest BCUT2D eigenvalue weighted by Crippen LogP contribution is -2.40. The zero-order valence-electron chi connectivity index (χ0n) is 9.39. The van der Waals surface area contributed by atoms with Crippen LogP contribution in [0, 0.1) is 0 Å². The van der Waals surface area contributed by atoms with Crippen molar-refractivity contribution in [1.29, 1.82) is 0 Å². The maximum Gasteiger partial charge on any atom is 0.140 e. The minimum atomic E-state index is 0.0875. The third-order valence-corrected chi connectivity index (χ3v) is 2.23. The molecule has 0 heterocycles. The molecule has 0 bridgehead atoms. The first-order valence-electron chi connectivity index (χ1n) is 4.96. The molecule has 0 rings (SSSR count). The van der Waals surface area contributed by atoms with Crippen LogP contribution in [-0.2, 0) is 4.74 Å². The number of nitrogens with zero attached hydrogens (tertiary/aromatic N) is 2. The van der Waals surface area contributed by atoms with Gasteiger partial charge in [-0.3, -0.25) is 4.90 Å². The summed E-state index contributed by atoms with van der Waals surface area (Å²) < 4.78 is 4.97. The van der Waals surface area contributed by atoms with Crippen LogP contribution in [0.25, 0.3) is 0 Å². The first-order chi connectivity index (χ1) is 7.15. The van der Waals surface area contributed by atoms with Gasteiger partial charge >= 0.3 is 0 Å². The van der Waals surface area contributed by atoms with Crippen molar-refractivity contribution in [1.82, 2.24) is 4.90 Å². The second-order valence-corrected chi connectivity index (χ2v) is 3.40. The highest BCUT2D eigenvalue weighted by molar-refractivity contribution is 5.80. The Morgan fingerprint density at radius 2 is 2.20 bits per heavy atom. The van der Waals surface area contributed by atoms with E-state index in [0.29, 0.717) is 19.6 Å². The van der Waals surface area contributed by atoms with Gasteiger partial charge in [-0.05, 0) is 6.92 Å². The molecule has 4 N–H and O–H groups in total. The fourth-order valence-corrected chi connectivity index (χ4v) is 1.36. The first kappa shape index (κ1) is 14.2. The van der Waals surface area contributed by atoms with Gasteiger partial charge in [0, 0.05) is 32.7 Å². The summed E-state index contributed by atoms with van der Waals surface area (Å²) in [5, 5.41) is 20.2. The number of methoxy groups -OCH3 is 1. The van der Waals surface area contributed by atoms with Crippen molar-refractivity contribution in [2.24, 2.45) is 10.9 Å². The Kier molecular flexibility index (Phi) is 7.98. The maximum absolute atomic E-state index is 8.88. The van der Waals surface area contributed by atoms with E-state index in [1.807, 2.05) is 11.8 Å². The van der Waals surface area contributed by atoms with Crippen LogP contribution in [0.15, 0.2) is 5.16 Å². The molecule has 0 radical (unpaired) electrons. The quantitative estimate of drug-likeness (QED) is 0.220. The first-order valence-corrected chi connectivity index (χ1v) is 4.96. The summed E-state index contributed by atoms with van der Waals surface area (Å²) in [5.41, 5.74) is 5.42. The smallest absolute Gasteiger partial charge is 0.140 e. The SMILES string of the molecule is COCCN(CCO)C(C)CC(N)=NO. The van der Waals surface area contributed by atoms with Gasteiger partial charge < -0.3 is 20.8 Å². The molecule has 0 aliphatic carbocycles. The normalized spacial score (nSPS) is 14.5. The molecule has 6 nitrogen and oxygen atoms in total. The molecule has 0 saturated heterocycles. The summed E-state index contributed by atoms with van der Waals surface area (Å²) in [6, 6.07) is 0.114. The van der Waals surface area contributed by atoms with Gasteiger partial charge in [-0.15, -0.1) is 0 Å². The molecular formula is C9H21N3O3. The number of aliphatic hydroxyl groups excluding tert-OH is 1. The topological polar surface area (TPSA) is 91.3 Å². The van der Waals surface area contributed by atoms with Crippen molar-refractivity contribution in [3.8, 4) is 0 Å². The summed E-state index contributed by atoms with van der Waals surface area (Å²) in [7, 11) is 1.63. The minimum absolute atomic E-state index is 0.0875. The molecule has 1 unspecified atom stereocenters. The van der Waals surface area contributed by atoms with E-state index >= 15 is 0 Å². The van der Waals surface area contributed by atoms with E-state index < -0.39 is 0 Å². The fraction of sp³-hybridized carbons (Fsp3) is 0.889. The highest BCUT2D eigenvalue weighted by Crippen LogP contribution is 2.03. The van der Waals surface area contributed by atoms with Crippen LogP contribution in [0.1, 0.15) is 13.3 Å². The van der Waals surface area contributed by atoms with Crippen molar-refractivity contribution in [2.75, 3.05) is 33.4 Å². The summed E-state index contributed by atoms with van der Waals surface area (Å²) >= 11 is 0. The highest BCUT2D eigenvalue weighted by Gasteiger charge is 2.14. The van der Waals surface area contributed by atoms with Crippen molar-refractivity contribution < 1.29 is 15.1 Å². The van der Waals surface area contributed by atoms with Gasteiger partial charge in [-0.2, -0.15) is 0 Å². The van der Waals surface area contributed by atoms with Gasteiger partial charge in [0.2, 0.25) is 0 Å². The molecule has 0 aromatic heterocycles. The van der Waals surface area contributed by atoms with Gasteiger partial charge in [0.15, 0.2) is 0 Å². The van der Waals surface area contributed by atoms with E-state index in [4.69, 9.17) is 20.8 Å². The van der Waals surface area contributed by atoms with Gasteiger partial charge in [0.05, 0.1) is 13.2 Å². The number of ether oxygens (including phenoxy) is 1.